The third kappa shape index (κ3) is 3.99. The zero-order valence-electron chi connectivity index (χ0n) is 19.8. The molecule has 1 saturated heterocycles. The smallest absolute Gasteiger partial charge is 0.270 e. The van der Waals surface area contributed by atoms with Crippen LogP contribution in [-0.2, 0) is 0 Å². The van der Waals surface area contributed by atoms with Gasteiger partial charge in [0.2, 0.25) is 11.9 Å². The van der Waals surface area contributed by atoms with Gasteiger partial charge in [0.05, 0.1) is 22.3 Å². The Kier molecular flexibility index (Phi) is 6.03. The lowest BCUT2D eigenvalue weighted by molar-refractivity contribution is 0.1000. The number of rotatable bonds is 4. The second-order valence-electron chi connectivity index (χ2n) is 9.20. The van der Waals surface area contributed by atoms with Crippen molar-refractivity contribution in [3.8, 4) is 0 Å². The van der Waals surface area contributed by atoms with Crippen LogP contribution in [0.2, 0.25) is 10.0 Å². The topological polar surface area (TPSA) is 85.8 Å². The third-order valence-corrected chi connectivity index (χ3v) is 7.55. The Bertz CT molecular complexity index is 1370. The van der Waals surface area contributed by atoms with E-state index < -0.39 is 0 Å². The number of halogens is 2. The van der Waals surface area contributed by atoms with Gasteiger partial charge in [0.25, 0.3) is 5.91 Å². The Labute approximate surface area is 219 Å². The van der Waals surface area contributed by atoms with E-state index in [2.05, 4.69) is 45.7 Å². The van der Waals surface area contributed by atoms with Crippen LogP contribution in [0.25, 0.3) is 0 Å². The number of aliphatic imine (C=N–C) groups is 1. The Hall–Kier alpha value is -3.20. The number of guanidine groups is 1. The normalized spacial score (nSPS) is 17.6. The molecule has 0 unspecified atom stereocenters. The lowest BCUT2D eigenvalue weighted by Gasteiger charge is -2.35. The molecule has 0 saturated carbocycles. The number of nitrogens with zero attached hydrogens (tertiary/aromatic N) is 5. The number of hydrogen-bond acceptors (Lipinski definition) is 7. The van der Waals surface area contributed by atoms with Crippen molar-refractivity contribution in [1.82, 2.24) is 15.3 Å². The molecule has 2 N–H and O–H groups in total. The van der Waals surface area contributed by atoms with Crippen molar-refractivity contribution in [3.05, 3.63) is 69.3 Å². The largest absolute Gasteiger partial charge is 0.324 e. The molecule has 4 heterocycles. The highest BCUT2D eigenvalue weighted by Gasteiger charge is 2.41. The second kappa shape index (κ2) is 9.35. The van der Waals surface area contributed by atoms with Crippen LogP contribution >= 0.6 is 23.2 Å². The maximum atomic E-state index is 13.6. The molecule has 6 rings (SSSR count). The van der Waals surface area contributed by atoms with Crippen LogP contribution in [0.4, 0.5) is 23.1 Å². The fourth-order valence-corrected chi connectivity index (χ4v) is 5.77. The van der Waals surface area contributed by atoms with Crippen LogP contribution in [0.1, 0.15) is 40.2 Å². The maximum Gasteiger partial charge on any atom is 0.270 e. The molecule has 1 aromatic heterocycles. The van der Waals surface area contributed by atoms with Gasteiger partial charge in [-0.15, -0.1) is 0 Å². The molecule has 2 aromatic carbocycles. The summed E-state index contributed by atoms with van der Waals surface area (Å²) in [5.74, 6) is 1.69. The number of aryl methyl sites for hydroxylation is 1. The minimum Gasteiger partial charge on any atom is -0.324 e. The van der Waals surface area contributed by atoms with Crippen molar-refractivity contribution in [3.63, 3.8) is 0 Å². The van der Waals surface area contributed by atoms with E-state index >= 15 is 0 Å². The van der Waals surface area contributed by atoms with Crippen LogP contribution in [-0.4, -0.2) is 48.0 Å². The number of hydrogen-bond donors (Lipinski definition) is 2. The monoisotopic (exact) mass is 521 g/mol. The standard InChI is InChI=1S/C26H25Cl2N7O/c1-15-13-17(5-6-18(15)16-7-9-29-10-8-16)32-25-31-14-19-23(33-25)34-12-11-30-26(34)35(24(19)36)22-20(27)3-2-4-21(22)28/h2-6,13-14,16,29H,7-12H2,1H3,(H,31,32,33). The maximum absolute atomic E-state index is 13.6. The van der Waals surface area contributed by atoms with Crippen molar-refractivity contribution in [1.29, 1.82) is 0 Å². The summed E-state index contributed by atoms with van der Waals surface area (Å²) in [5, 5.41) is 7.48. The Balaban J connectivity index is 1.31. The van der Waals surface area contributed by atoms with Crippen LogP contribution in [0.15, 0.2) is 47.6 Å². The average Bonchev–Trinajstić information content (AvgIpc) is 3.36. The lowest BCUT2D eigenvalue weighted by atomic mass is 9.87. The van der Waals surface area contributed by atoms with E-state index in [4.69, 9.17) is 28.2 Å². The summed E-state index contributed by atoms with van der Waals surface area (Å²) in [6.07, 6.45) is 3.87. The van der Waals surface area contributed by atoms with Gasteiger partial charge in [-0.1, -0.05) is 35.3 Å². The number of fused-ring (bicyclic) bond motifs is 3. The van der Waals surface area contributed by atoms with Crippen molar-refractivity contribution in [2.24, 2.45) is 4.99 Å². The molecule has 184 valence electrons. The van der Waals surface area contributed by atoms with E-state index in [1.54, 1.807) is 24.4 Å². The first-order valence-electron chi connectivity index (χ1n) is 12.1. The van der Waals surface area contributed by atoms with Crippen LogP contribution in [0.5, 0.6) is 0 Å². The number of piperidine rings is 1. The SMILES string of the molecule is Cc1cc(Nc2ncc3c(n2)N2CCN=C2N(c2c(Cl)cccc2Cl)C3=O)ccc1C1CCNCC1. The quantitative estimate of drug-likeness (QED) is 0.494. The van der Waals surface area contributed by atoms with E-state index in [-0.39, 0.29) is 5.91 Å². The summed E-state index contributed by atoms with van der Waals surface area (Å²) in [6, 6.07) is 11.6. The van der Waals surface area contributed by atoms with Gasteiger partial charge in [0.1, 0.15) is 5.56 Å². The molecule has 0 bridgehead atoms. The van der Waals surface area contributed by atoms with Crippen molar-refractivity contribution >= 4 is 58.2 Å². The molecule has 1 amide bonds. The predicted molar refractivity (Wildman–Crippen MR) is 144 cm³/mol. The number of carbonyl (C=O) groups excluding carboxylic acids is 1. The summed E-state index contributed by atoms with van der Waals surface area (Å²) < 4.78 is 0. The molecule has 1 fully saturated rings. The van der Waals surface area contributed by atoms with Gasteiger partial charge in [-0.2, -0.15) is 4.98 Å². The molecule has 10 heteroatoms. The van der Waals surface area contributed by atoms with Gasteiger partial charge in [0.15, 0.2) is 5.82 Å². The van der Waals surface area contributed by atoms with E-state index in [0.29, 0.717) is 58.0 Å². The van der Waals surface area contributed by atoms with Crippen LogP contribution < -0.4 is 20.4 Å². The first-order valence-corrected chi connectivity index (χ1v) is 12.8. The lowest BCUT2D eigenvalue weighted by Crippen LogP contribution is -2.51. The van der Waals surface area contributed by atoms with Crippen molar-refractivity contribution in [2.45, 2.75) is 25.7 Å². The highest BCUT2D eigenvalue weighted by atomic mass is 35.5. The molecular weight excluding hydrogens is 497 g/mol. The fraction of sp³-hybridized carbons (Fsp3) is 0.308. The van der Waals surface area contributed by atoms with Crippen molar-refractivity contribution < 1.29 is 4.79 Å². The van der Waals surface area contributed by atoms with Crippen LogP contribution in [0.3, 0.4) is 0 Å². The Morgan fingerprint density at radius 1 is 1.11 bits per heavy atom. The highest BCUT2D eigenvalue weighted by Crippen LogP contribution is 2.40. The van der Waals surface area contributed by atoms with E-state index in [1.807, 2.05) is 4.90 Å². The van der Waals surface area contributed by atoms with Gasteiger partial charge in [-0.25, -0.2) is 9.88 Å². The molecule has 0 spiro atoms. The second-order valence-corrected chi connectivity index (χ2v) is 10.0. The Morgan fingerprint density at radius 3 is 2.64 bits per heavy atom. The zero-order chi connectivity index (χ0) is 24.8. The fourth-order valence-electron chi connectivity index (χ4n) is 5.21. The number of aromatic nitrogens is 2. The van der Waals surface area contributed by atoms with Gasteiger partial charge in [-0.3, -0.25) is 14.7 Å². The van der Waals surface area contributed by atoms with Gasteiger partial charge < -0.3 is 10.6 Å². The van der Waals surface area contributed by atoms with Gasteiger partial charge in [-0.05, 0) is 74.2 Å². The van der Waals surface area contributed by atoms with Crippen molar-refractivity contribution in [2.75, 3.05) is 41.3 Å². The van der Waals surface area contributed by atoms with Gasteiger partial charge >= 0.3 is 0 Å². The molecule has 3 aliphatic heterocycles. The number of para-hydroxylation sites is 1. The number of benzene rings is 2. The number of amides is 1. The molecule has 0 atom stereocenters. The minimum absolute atomic E-state index is 0.314. The van der Waals surface area contributed by atoms with Crippen LogP contribution in [0, 0.1) is 6.92 Å². The zero-order valence-corrected chi connectivity index (χ0v) is 21.3. The number of anilines is 4. The Morgan fingerprint density at radius 2 is 1.89 bits per heavy atom. The molecule has 3 aromatic rings. The predicted octanol–water partition coefficient (Wildman–Crippen LogP) is 5.14. The molecular formula is C26H25Cl2N7O. The average molecular weight is 522 g/mol. The first kappa shape index (κ1) is 23.2. The molecule has 36 heavy (non-hydrogen) atoms. The number of carbonyl (C=O) groups is 1. The summed E-state index contributed by atoms with van der Waals surface area (Å²) in [5.41, 5.74) is 4.34. The summed E-state index contributed by atoms with van der Waals surface area (Å²) >= 11 is 12.9. The van der Waals surface area contributed by atoms with Gasteiger partial charge in [0, 0.05) is 18.4 Å². The summed E-state index contributed by atoms with van der Waals surface area (Å²) in [7, 11) is 0. The molecule has 0 radical (unpaired) electrons. The third-order valence-electron chi connectivity index (χ3n) is 6.94. The molecule has 3 aliphatic rings. The number of nitrogens with one attached hydrogen (secondary N) is 2. The van der Waals surface area contributed by atoms with E-state index in [9.17, 15) is 4.79 Å². The highest BCUT2D eigenvalue weighted by molar-refractivity contribution is 6.43. The minimum atomic E-state index is -0.314. The van der Waals surface area contributed by atoms with E-state index in [1.165, 1.54) is 16.0 Å². The molecule has 0 aliphatic carbocycles. The summed E-state index contributed by atoms with van der Waals surface area (Å²) in [4.78, 5) is 30.7. The first-order chi connectivity index (χ1) is 17.5. The van der Waals surface area contributed by atoms with E-state index in [0.717, 1.165) is 31.6 Å². The molecule has 8 nitrogen and oxygen atoms in total. The summed E-state index contributed by atoms with van der Waals surface area (Å²) in [6.45, 7) is 5.40.